The molecule has 0 bridgehead atoms. The SMILES string of the molecule is CCOc1cc(Br)c(Br)c(/C=C2\SC(=O)N(Cc3ccccc3[N+](=O)[O-])C2=O)c1O. The minimum absolute atomic E-state index is 0.0788. The summed E-state index contributed by atoms with van der Waals surface area (Å²) in [6.45, 7) is 1.87. The van der Waals surface area contributed by atoms with Gasteiger partial charge < -0.3 is 9.84 Å². The minimum atomic E-state index is -0.604. The van der Waals surface area contributed by atoms with Gasteiger partial charge in [0.15, 0.2) is 11.5 Å². The molecule has 1 heterocycles. The quantitative estimate of drug-likeness (QED) is 0.285. The highest BCUT2D eigenvalue weighted by Gasteiger charge is 2.36. The lowest BCUT2D eigenvalue weighted by Gasteiger charge is -2.13. The number of nitro groups is 1. The van der Waals surface area contributed by atoms with E-state index in [1.54, 1.807) is 19.1 Å². The molecule has 3 rings (SSSR count). The van der Waals surface area contributed by atoms with Crippen molar-refractivity contribution in [2.75, 3.05) is 6.61 Å². The second-order valence-electron chi connectivity index (χ2n) is 6.02. The van der Waals surface area contributed by atoms with Crippen LogP contribution in [0.2, 0.25) is 0 Å². The zero-order chi connectivity index (χ0) is 22.0. The number of aromatic hydroxyl groups is 1. The molecule has 0 radical (unpaired) electrons. The number of nitrogens with zero attached hydrogens (tertiary/aromatic N) is 2. The number of carbonyl (C=O) groups excluding carboxylic acids is 2. The number of hydrogen-bond donors (Lipinski definition) is 1. The number of imide groups is 1. The smallest absolute Gasteiger partial charge is 0.293 e. The number of hydrogen-bond acceptors (Lipinski definition) is 7. The van der Waals surface area contributed by atoms with Gasteiger partial charge in [0.2, 0.25) is 0 Å². The van der Waals surface area contributed by atoms with Gasteiger partial charge in [0.25, 0.3) is 16.8 Å². The van der Waals surface area contributed by atoms with Crippen molar-refractivity contribution in [1.29, 1.82) is 0 Å². The third-order valence-corrected chi connectivity index (χ3v) is 7.08. The molecule has 0 unspecified atom stereocenters. The van der Waals surface area contributed by atoms with Crippen LogP contribution in [0.4, 0.5) is 10.5 Å². The van der Waals surface area contributed by atoms with Crippen molar-refractivity contribution in [3.8, 4) is 11.5 Å². The maximum atomic E-state index is 12.8. The number of para-hydroxylation sites is 1. The Hall–Kier alpha value is -2.37. The van der Waals surface area contributed by atoms with Gasteiger partial charge in [0.1, 0.15) is 0 Å². The van der Waals surface area contributed by atoms with Crippen molar-refractivity contribution in [3.05, 3.63) is 65.4 Å². The minimum Gasteiger partial charge on any atom is -0.504 e. The van der Waals surface area contributed by atoms with Crippen LogP contribution in [0.15, 0.2) is 44.2 Å². The molecule has 0 atom stereocenters. The van der Waals surface area contributed by atoms with Crippen LogP contribution in [0.5, 0.6) is 11.5 Å². The Kier molecular flexibility index (Phi) is 6.84. The number of nitro benzene ring substituents is 1. The monoisotopic (exact) mass is 556 g/mol. The average molecular weight is 558 g/mol. The molecule has 1 fully saturated rings. The van der Waals surface area contributed by atoms with Gasteiger partial charge in [-0.2, -0.15) is 0 Å². The van der Waals surface area contributed by atoms with Crippen LogP contribution in [-0.2, 0) is 11.3 Å². The maximum absolute atomic E-state index is 12.8. The van der Waals surface area contributed by atoms with E-state index in [9.17, 15) is 24.8 Å². The van der Waals surface area contributed by atoms with Gasteiger partial charge >= 0.3 is 0 Å². The molecule has 1 aliphatic rings. The van der Waals surface area contributed by atoms with Crippen LogP contribution in [0, 0.1) is 10.1 Å². The summed E-state index contributed by atoms with van der Waals surface area (Å²) in [6, 6.07) is 7.51. The van der Waals surface area contributed by atoms with E-state index < -0.39 is 16.1 Å². The van der Waals surface area contributed by atoms with Gasteiger partial charge in [-0.15, -0.1) is 0 Å². The highest BCUT2D eigenvalue weighted by molar-refractivity contribution is 9.13. The van der Waals surface area contributed by atoms with Gasteiger partial charge in [0.05, 0.1) is 23.0 Å². The summed E-state index contributed by atoms with van der Waals surface area (Å²) in [7, 11) is 0. The standard InChI is InChI=1S/C19H14Br2N2O6S/c1-2-29-14-8-12(20)16(21)11(17(14)24)7-15-18(25)22(19(26)30-15)9-10-5-3-4-6-13(10)23(27)28/h3-8,24H,2,9H2,1H3/b15-7-. The topological polar surface area (TPSA) is 110 Å². The van der Waals surface area contributed by atoms with Crippen molar-refractivity contribution in [2.45, 2.75) is 13.5 Å². The van der Waals surface area contributed by atoms with E-state index >= 15 is 0 Å². The van der Waals surface area contributed by atoms with E-state index in [0.29, 0.717) is 27.3 Å². The number of benzene rings is 2. The first kappa shape index (κ1) is 22.3. The molecule has 0 aliphatic carbocycles. The number of thioether (sulfide) groups is 1. The number of amides is 2. The highest BCUT2D eigenvalue weighted by Crippen LogP contribution is 2.44. The Bertz CT molecular complexity index is 1090. The summed E-state index contributed by atoms with van der Waals surface area (Å²) in [5, 5.41) is 21.2. The summed E-state index contributed by atoms with van der Waals surface area (Å²) in [4.78, 5) is 36.9. The molecule has 11 heteroatoms. The first-order chi connectivity index (χ1) is 14.2. The fraction of sp³-hybridized carbons (Fsp3) is 0.158. The Morgan fingerprint density at radius 3 is 2.67 bits per heavy atom. The molecule has 8 nitrogen and oxygen atoms in total. The van der Waals surface area contributed by atoms with E-state index in [1.165, 1.54) is 24.3 Å². The van der Waals surface area contributed by atoms with Gasteiger partial charge in [-0.3, -0.25) is 24.6 Å². The molecule has 2 aromatic carbocycles. The zero-order valence-electron chi connectivity index (χ0n) is 15.4. The summed E-state index contributed by atoms with van der Waals surface area (Å²) < 4.78 is 6.47. The van der Waals surface area contributed by atoms with Crippen molar-refractivity contribution < 1.29 is 24.4 Å². The van der Waals surface area contributed by atoms with Crippen molar-refractivity contribution in [1.82, 2.24) is 4.90 Å². The van der Waals surface area contributed by atoms with Gasteiger partial charge in [-0.25, -0.2) is 0 Å². The lowest BCUT2D eigenvalue weighted by molar-refractivity contribution is -0.385. The number of phenolic OH excluding ortho intramolecular Hbond substituents is 1. The molecule has 2 amide bonds. The summed E-state index contributed by atoms with van der Waals surface area (Å²) in [5.41, 5.74) is 0.342. The van der Waals surface area contributed by atoms with E-state index in [-0.39, 0.29) is 39.8 Å². The van der Waals surface area contributed by atoms with E-state index in [4.69, 9.17) is 4.74 Å². The van der Waals surface area contributed by atoms with E-state index in [0.717, 1.165) is 4.90 Å². The Morgan fingerprint density at radius 1 is 1.30 bits per heavy atom. The molecule has 0 aromatic heterocycles. The first-order valence-electron chi connectivity index (χ1n) is 8.56. The molecule has 0 saturated carbocycles. The summed E-state index contributed by atoms with van der Waals surface area (Å²) in [6.07, 6.45) is 1.39. The van der Waals surface area contributed by atoms with Crippen molar-refractivity contribution in [3.63, 3.8) is 0 Å². The Balaban J connectivity index is 1.96. The van der Waals surface area contributed by atoms with Crippen LogP contribution in [0.25, 0.3) is 6.08 Å². The normalized spacial score (nSPS) is 15.2. The van der Waals surface area contributed by atoms with Crippen LogP contribution in [0.1, 0.15) is 18.1 Å². The second kappa shape index (κ2) is 9.19. The molecular weight excluding hydrogens is 544 g/mol. The number of phenols is 1. The Labute approximate surface area is 192 Å². The second-order valence-corrected chi connectivity index (χ2v) is 8.66. The fourth-order valence-electron chi connectivity index (χ4n) is 2.77. The van der Waals surface area contributed by atoms with Crippen LogP contribution in [-0.4, -0.2) is 32.7 Å². The number of rotatable bonds is 6. The van der Waals surface area contributed by atoms with Crippen molar-refractivity contribution >= 4 is 66.5 Å². The third-order valence-electron chi connectivity index (χ3n) is 4.16. The molecule has 2 aromatic rings. The van der Waals surface area contributed by atoms with E-state index in [2.05, 4.69) is 31.9 Å². The van der Waals surface area contributed by atoms with Crippen LogP contribution >= 0.6 is 43.6 Å². The van der Waals surface area contributed by atoms with E-state index in [1.807, 2.05) is 0 Å². The highest BCUT2D eigenvalue weighted by atomic mass is 79.9. The molecular formula is C19H14Br2N2O6S. The molecule has 156 valence electrons. The number of carbonyl (C=O) groups is 2. The summed E-state index contributed by atoms with van der Waals surface area (Å²) in [5.74, 6) is -0.567. The van der Waals surface area contributed by atoms with Crippen LogP contribution in [0.3, 0.4) is 0 Å². The van der Waals surface area contributed by atoms with Gasteiger partial charge in [-0.1, -0.05) is 18.2 Å². The predicted octanol–water partition coefficient (Wildman–Crippen LogP) is 5.46. The lowest BCUT2D eigenvalue weighted by atomic mass is 10.1. The number of ether oxygens (including phenoxy) is 1. The molecule has 1 N–H and O–H groups in total. The van der Waals surface area contributed by atoms with Crippen molar-refractivity contribution in [2.24, 2.45) is 0 Å². The third kappa shape index (κ3) is 4.37. The van der Waals surface area contributed by atoms with Gasteiger partial charge in [0, 0.05) is 26.1 Å². The zero-order valence-corrected chi connectivity index (χ0v) is 19.4. The van der Waals surface area contributed by atoms with Gasteiger partial charge in [-0.05, 0) is 62.7 Å². The first-order valence-corrected chi connectivity index (χ1v) is 11.0. The predicted molar refractivity (Wildman–Crippen MR) is 119 cm³/mol. The maximum Gasteiger partial charge on any atom is 0.293 e. The number of halogens is 2. The largest absolute Gasteiger partial charge is 0.504 e. The molecule has 1 aliphatic heterocycles. The molecule has 30 heavy (non-hydrogen) atoms. The lowest BCUT2D eigenvalue weighted by Crippen LogP contribution is -2.27. The summed E-state index contributed by atoms with van der Waals surface area (Å²) >= 11 is 7.40. The fourth-order valence-corrected chi connectivity index (χ4v) is 4.43. The Morgan fingerprint density at radius 2 is 2.00 bits per heavy atom. The van der Waals surface area contributed by atoms with Crippen LogP contribution < -0.4 is 4.74 Å². The average Bonchev–Trinajstić information content (AvgIpc) is 2.97. The molecule has 1 saturated heterocycles. The molecule has 0 spiro atoms.